The zero-order chi connectivity index (χ0) is 15.6. The summed E-state index contributed by atoms with van der Waals surface area (Å²) >= 11 is 0. The lowest BCUT2D eigenvalue weighted by Crippen LogP contribution is -2.27. The van der Waals surface area contributed by atoms with Crippen molar-refractivity contribution in [3.05, 3.63) is 58.1 Å². The number of rotatable bonds is 4. The number of halogens is 1. The average molecular weight is 291 g/mol. The SMILES string of the molecule is CC(C)Oc1ccc(C(=O)O)c(=O)n1-c1ccc(F)cc1. The topological polar surface area (TPSA) is 68.5 Å². The molecule has 1 heterocycles. The van der Waals surface area contributed by atoms with Crippen molar-refractivity contribution in [1.82, 2.24) is 4.57 Å². The fraction of sp³-hybridized carbons (Fsp3) is 0.200. The minimum absolute atomic E-state index is 0.201. The minimum Gasteiger partial charge on any atom is -0.477 e. The van der Waals surface area contributed by atoms with E-state index in [2.05, 4.69) is 0 Å². The van der Waals surface area contributed by atoms with E-state index < -0.39 is 17.3 Å². The second-order valence-corrected chi connectivity index (χ2v) is 4.67. The van der Waals surface area contributed by atoms with Gasteiger partial charge >= 0.3 is 5.97 Å². The molecule has 2 rings (SSSR count). The summed E-state index contributed by atoms with van der Waals surface area (Å²) in [6.45, 7) is 3.56. The number of hydrogen-bond donors (Lipinski definition) is 1. The molecule has 1 N–H and O–H groups in total. The fourth-order valence-corrected chi connectivity index (χ4v) is 1.85. The van der Waals surface area contributed by atoms with E-state index >= 15 is 0 Å². The molecule has 0 aliphatic rings. The maximum absolute atomic E-state index is 13.0. The van der Waals surface area contributed by atoms with E-state index in [1.165, 1.54) is 36.4 Å². The van der Waals surface area contributed by atoms with Gasteiger partial charge in [0.25, 0.3) is 5.56 Å². The molecule has 0 saturated heterocycles. The van der Waals surface area contributed by atoms with Crippen LogP contribution in [0.2, 0.25) is 0 Å². The predicted octanol–water partition coefficient (Wildman–Crippen LogP) is 2.46. The number of benzene rings is 1. The molecular weight excluding hydrogens is 277 g/mol. The van der Waals surface area contributed by atoms with E-state index in [1.54, 1.807) is 13.8 Å². The molecule has 0 bridgehead atoms. The van der Waals surface area contributed by atoms with Crippen molar-refractivity contribution in [2.24, 2.45) is 0 Å². The fourth-order valence-electron chi connectivity index (χ4n) is 1.85. The molecule has 5 nitrogen and oxygen atoms in total. The van der Waals surface area contributed by atoms with Crippen LogP contribution >= 0.6 is 0 Å². The Morgan fingerprint density at radius 1 is 1.19 bits per heavy atom. The van der Waals surface area contributed by atoms with Gasteiger partial charge in [-0.3, -0.25) is 4.79 Å². The van der Waals surface area contributed by atoms with Gasteiger partial charge in [-0.1, -0.05) is 0 Å². The number of aromatic nitrogens is 1. The normalized spacial score (nSPS) is 10.7. The van der Waals surface area contributed by atoms with Crippen molar-refractivity contribution < 1.29 is 19.0 Å². The van der Waals surface area contributed by atoms with Crippen LogP contribution in [0.25, 0.3) is 5.69 Å². The van der Waals surface area contributed by atoms with Gasteiger partial charge in [-0.25, -0.2) is 13.8 Å². The van der Waals surface area contributed by atoms with Gasteiger partial charge in [0.05, 0.1) is 11.8 Å². The smallest absolute Gasteiger partial charge is 0.341 e. The average Bonchev–Trinajstić information content (AvgIpc) is 2.39. The van der Waals surface area contributed by atoms with Gasteiger partial charge in [-0.05, 0) is 50.2 Å². The zero-order valence-corrected chi connectivity index (χ0v) is 11.5. The number of pyridine rings is 1. The number of carbonyl (C=O) groups is 1. The molecule has 0 unspecified atom stereocenters. The van der Waals surface area contributed by atoms with Gasteiger partial charge in [0.15, 0.2) is 0 Å². The summed E-state index contributed by atoms with van der Waals surface area (Å²) in [4.78, 5) is 23.4. The molecule has 21 heavy (non-hydrogen) atoms. The Kier molecular flexibility index (Phi) is 4.07. The predicted molar refractivity (Wildman–Crippen MR) is 74.7 cm³/mol. The van der Waals surface area contributed by atoms with E-state index in [4.69, 9.17) is 9.84 Å². The largest absolute Gasteiger partial charge is 0.477 e. The molecule has 0 amide bonds. The van der Waals surface area contributed by atoms with Crippen LogP contribution in [0.5, 0.6) is 5.88 Å². The van der Waals surface area contributed by atoms with E-state index in [1.807, 2.05) is 0 Å². The van der Waals surface area contributed by atoms with Gasteiger partial charge < -0.3 is 9.84 Å². The van der Waals surface area contributed by atoms with Gasteiger partial charge in [0, 0.05) is 0 Å². The number of nitrogens with zero attached hydrogens (tertiary/aromatic N) is 1. The van der Waals surface area contributed by atoms with Crippen molar-refractivity contribution in [1.29, 1.82) is 0 Å². The lowest BCUT2D eigenvalue weighted by Gasteiger charge is -2.16. The van der Waals surface area contributed by atoms with Gasteiger partial charge in [-0.15, -0.1) is 0 Å². The molecule has 0 radical (unpaired) electrons. The second kappa shape index (κ2) is 5.78. The number of ether oxygens (including phenoxy) is 1. The minimum atomic E-state index is -1.33. The molecular formula is C15H14FNO4. The molecule has 0 fully saturated rings. The van der Waals surface area contributed by atoms with E-state index in [-0.39, 0.29) is 17.5 Å². The van der Waals surface area contributed by atoms with Crippen LogP contribution in [-0.2, 0) is 0 Å². The van der Waals surface area contributed by atoms with Crippen LogP contribution in [0, 0.1) is 5.82 Å². The number of hydrogen-bond acceptors (Lipinski definition) is 3. The Balaban J connectivity index is 2.69. The Morgan fingerprint density at radius 3 is 2.33 bits per heavy atom. The second-order valence-electron chi connectivity index (χ2n) is 4.67. The van der Waals surface area contributed by atoms with E-state index in [0.717, 1.165) is 4.57 Å². The van der Waals surface area contributed by atoms with Crippen LogP contribution in [0.4, 0.5) is 4.39 Å². The summed E-state index contributed by atoms with van der Waals surface area (Å²) < 4.78 is 19.6. The van der Waals surface area contributed by atoms with Crippen molar-refractivity contribution in [2.75, 3.05) is 0 Å². The quantitative estimate of drug-likeness (QED) is 0.939. The highest BCUT2D eigenvalue weighted by atomic mass is 19.1. The van der Waals surface area contributed by atoms with Crippen molar-refractivity contribution in [3.8, 4) is 11.6 Å². The number of aromatic carboxylic acids is 1. The maximum Gasteiger partial charge on any atom is 0.341 e. The first kappa shape index (κ1) is 14.8. The summed E-state index contributed by atoms with van der Waals surface area (Å²) in [5.41, 5.74) is -0.775. The highest BCUT2D eigenvalue weighted by molar-refractivity contribution is 5.87. The lowest BCUT2D eigenvalue weighted by molar-refractivity contribution is 0.0694. The van der Waals surface area contributed by atoms with Gasteiger partial charge in [-0.2, -0.15) is 0 Å². The Bertz CT molecular complexity index is 719. The first-order chi connectivity index (χ1) is 9.90. The third kappa shape index (κ3) is 3.10. The highest BCUT2D eigenvalue weighted by Crippen LogP contribution is 2.18. The molecule has 6 heteroatoms. The molecule has 0 aliphatic carbocycles. The third-order valence-corrected chi connectivity index (χ3v) is 2.72. The van der Waals surface area contributed by atoms with Crippen LogP contribution in [0.15, 0.2) is 41.2 Å². The summed E-state index contributed by atoms with van der Waals surface area (Å²) in [5, 5.41) is 9.04. The molecule has 1 aromatic heterocycles. The van der Waals surface area contributed by atoms with Crippen molar-refractivity contribution >= 4 is 5.97 Å². The van der Waals surface area contributed by atoms with E-state index in [0.29, 0.717) is 5.69 Å². The molecule has 0 saturated carbocycles. The Morgan fingerprint density at radius 2 is 1.81 bits per heavy atom. The Labute approximate surface area is 120 Å². The molecule has 0 spiro atoms. The molecule has 1 aromatic carbocycles. The number of carboxylic acid groups (broad SMARTS) is 1. The third-order valence-electron chi connectivity index (χ3n) is 2.72. The first-order valence-corrected chi connectivity index (χ1v) is 6.32. The van der Waals surface area contributed by atoms with Gasteiger partial charge in [0.2, 0.25) is 5.88 Å². The Hall–Kier alpha value is -2.63. The standard InChI is InChI=1S/C15H14FNO4/c1-9(2)21-13-8-7-12(15(19)20)14(18)17(13)11-5-3-10(16)4-6-11/h3-9H,1-2H3,(H,19,20). The molecule has 0 atom stereocenters. The summed E-state index contributed by atoms with van der Waals surface area (Å²) in [6, 6.07) is 7.75. The summed E-state index contributed by atoms with van der Waals surface area (Å²) in [7, 11) is 0. The maximum atomic E-state index is 13.0. The van der Waals surface area contributed by atoms with Crippen LogP contribution in [0.1, 0.15) is 24.2 Å². The first-order valence-electron chi connectivity index (χ1n) is 6.32. The monoisotopic (exact) mass is 291 g/mol. The van der Waals surface area contributed by atoms with Crippen molar-refractivity contribution in [2.45, 2.75) is 20.0 Å². The lowest BCUT2D eigenvalue weighted by atomic mass is 10.2. The van der Waals surface area contributed by atoms with Crippen molar-refractivity contribution in [3.63, 3.8) is 0 Å². The number of carboxylic acids is 1. The summed E-state index contributed by atoms with van der Waals surface area (Å²) in [6.07, 6.45) is -0.202. The van der Waals surface area contributed by atoms with E-state index in [9.17, 15) is 14.0 Å². The molecule has 2 aromatic rings. The summed E-state index contributed by atoms with van der Waals surface area (Å²) in [5.74, 6) is -1.58. The van der Waals surface area contributed by atoms with Crippen LogP contribution < -0.4 is 10.3 Å². The highest BCUT2D eigenvalue weighted by Gasteiger charge is 2.16. The molecule has 0 aliphatic heterocycles. The molecule has 110 valence electrons. The zero-order valence-electron chi connectivity index (χ0n) is 11.5. The van der Waals surface area contributed by atoms with Crippen LogP contribution in [0.3, 0.4) is 0 Å². The van der Waals surface area contributed by atoms with Crippen LogP contribution in [-0.4, -0.2) is 21.7 Å². The van der Waals surface area contributed by atoms with Gasteiger partial charge in [0.1, 0.15) is 11.4 Å².